The lowest BCUT2D eigenvalue weighted by molar-refractivity contribution is 0.630. The third-order valence-corrected chi connectivity index (χ3v) is 4.41. The molecule has 0 radical (unpaired) electrons. The van der Waals surface area contributed by atoms with Gasteiger partial charge in [-0.05, 0) is 30.1 Å². The number of nitrogen functional groups attached to an aromatic ring is 1. The van der Waals surface area contributed by atoms with Gasteiger partial charge in [0.05, 0.1) is 0 Å². The first-order valence-corrected chi connectivity index (χ1v) is 7.91. The van der Waals surface area contributed by atoms with Crippen molar-refractivity contribution in [3.63, 3.8) is 0 Å². The van der Waals surface area contributed by atoms with Gasteiger partial charge in [0, 0.05) is 12.6 Å². The van der Waals surface area contributed by atoms with E-state index in [0.29, 0.717) is 5.82 Å². The summed E-state index contributed by atoms with van der Waals surface area (Å²) in [6.07, 6.45) is 3.24. The number of hydrogen-bond donors (Lipinski definition) is 3. The van der Waals surface area contributed by atoms with Crippen molar-refractivity contribution in [1.82, 2.24) is 9.97 Å². The summed E-state index contributed by atoms with van der Waals surface area (Å²) >= 11 is 3.53. The molecule has 0 bridgehead atoms. The number of hydrogen-bond acceptors (Lipinski definition) is 7. The van der Waals surface area contributed by atoms with Crippen molar-refractivity contribution in [3.05, 3.63) is 6.07 Å². The smallest absolute Gasteiger partial charge is 0.191 e. The van der Waals surface area contributed by atoms with E-state index in [1.54, 1.807) is 0 Å². The van der Waals surface area contributed by atoms with E-state index in [9.17, 15) is 0 Å². The zero-order valence-electron chi connectivity index (χ0n) is 9.77. The number of thioether (sulfide) groups is 2. The zero-order chi connectivity index (χ0) is 12.1. The largest absolute Gasteiger partial charge is 0.370 e. The van der Waals surface area contributed by atoms with Gasteiger partial charge in [0.15, 0.2) is 5.16 Å². The molecule has 94 valence electrons. The van der Waals surface area contributed by atoms with E-state index in [0.717, 1.165) is 23.4 Å². The van der Waals surface area contributed by atoms with Crippen LogP contribution in [0.3, 0.4) is 0 Å². The van der Waals surface area contributed by atoms with Gasteiger partial charge in [-0.2, -0.15) is 11.8 Å². The van der Waals surface area contributed by atoms with Gasteiger partial charge in [0.2, 0.25) is 0 Å². The highest BCUT2D eigenvalue weighted by atomic mass is 32.2. The Morgan fingerprint density at radius 1 is 1.53 bits per heavy atom. The maximum absolute atomic E-state index is 5.38. The van der Waals surface area contributed by atoms with Gasteiger partial charge >= 0.3 is 0 Å². The van der Waals surface area contributed by atoms with E-state index in [4.69, 9.17) is 5.84 Å². The number of nitrogens with zero attached hydrogens (tertiary/aromatic N) is 2. The monoisotopic (exact) mass is 271 g/mol. The lowest BCUT2D eigenvalue weighted by Crippen LogP contribution is -2.16. The third-order valence-electron chi connectivity index (χ3n) is 2.63. The highest BCUT2D eigenvalue weighted by Crippen LogP contribution is 2.24. The van der Waals surface area contributed by atoms with E-state index in [2.05, 4.69) is 20.7 Å². The molecule has 2 rings (SSSR count). The molecule has 1 atom stereocenters. The molecular formula is C10H17N5S2. The van der Waals surface area contributed by atoms with E-state index in [1.807, 2.05) is 24.1 Å². The Morgan fingerprint density at radius 3 is 3.00 bits per heavy atom. The summed E-state index contributed by atoms with van der Waals surface area (Å²) in [6.45, 7) is 0.974. The van der Waals surface area contributed by atoms with Crippen molar-refractivity contribution in [2.75, 3.05) is 35.0 Å². The zero-order valence-corrected chi connectivity index (χ0v) is 11.4. The van der Waals surface area contributed by atoms with Gasteiger partial charge in [-0.1, -0.05) is 11.8 Å². The number of nitrogens with one attached hydrogen (secondary N) is 2. The van der Waals surface area contributed by atoms with Crippen LogP contribution in [0.15, 0.2) is 11.2 Å². The molecule has 2 heterocycles. The second kappa shape index (κ2) is 6.32. The van der Waals surface area contributed by atoms with Crippen LogP contribution < -0.4 is 16.6 Å². The highest BCUT2D eigenvalue weighted by Gasteiger charge is 2.15. The fourth-order valence-electron chi connectivity index (χ4n) is 1.67. The first-order chi connectivity index (χ1) is 8.31. The van der Waals surface area contributed by atoms with Crippen LogP contribution in [0.1, 0.15) is 6.42 Å². The molecule has 0 aliphatic carbocycles. The fourth-order valence-corrected chi connectivity index (χ4v) is 3.34. The van der Waals surface area contributed by atoms with E-state index >= 15 is 0 Å². The number of hydrazine groups is 1. The highest BCUT2D eigenvalue weighted by molar-refractivity contribution is 7.99. The van der Waals surface area contributed by atoms with Crippen LogP contribution in [0.5, 0.6) is 0 Å². The number of rotatable bonds is 5. The van der Waals surface area contributed by atoms with Gasteiger partial charge in [0.1, 0.15) is 11.6 Å². The normalized spacial score (nSPS) is 19.3. The molecule has 0 spiro atoms. The molecule has 17 heavy (non-hydrogen) atoms. The van der Waals surface area contributed by atoms with Crippen molar-refractivity contribution in [2.24, 2.45) is 11.8 Å². The van der Waals surface area contributed by atoms with Gasteiger partial charge in [-0.15, -0.1) is 0 Å². The topological polar surface area (TPSA) is 75.9 Å². The number of nitrogens with two attached hydrogens (primary N) is 1. The van der Waals surface area contributed by atoms with Crippen LogP contribution in [-0.2, 0) is 0 Å². The average Bonchev–Trinajstić information content (AvgIpc) is 2.89. The summed E-state index contributed by atoms with van der Waals surface area (Å²) < 4.78 is 0. The second-order valence-corrected chi connectivity index (χ2v) is 5.80. The predicted octanol–water partition coefficient (Wildman–Crippen LogP) is 1.65. The minimum atomic E-state index is 0.646. The average molecular weight is 271 g/mol. The SMILES string of the molecule is CSc1nc(NN)cc(NCC2CCSC2)n1. The third kappa shape index (κ3) is 3.65. The van der Waals surface area contributed by atoms with Gasteiger partial charge in [0.25, 0.3) is 0 Å². The minimum Gasteiger partial charge on any atom is -0.370 e. The van der Waals surface area contributed by atoms with Crippen LogP contribution in [0.25, 0.3) is 0 Å². The van der Waals surface area contributed by atoms with Crippen LogP contribution in [0, 0.1) is 5.92 Å². The summed E-state index contributed by atoms with van der Waals surface area (Å²) in [6, 6.07) is 1.84. The quantitative estimate of drug-likeness (QED) is 0.325. The van der Waals surface area contributed by atoms with Gasteiger partial charge in [-0.3, -0.25) is 0 Å². The van der Waals surface area contributed by atoms with Crippen LogP contribution >= 0.6 is 23.5 Å². The molecule has 0 aromatic carbocycles. The fraction of sp³-hybridized carbons (Fsp3) is 0.600. The lowest BCUT2D eigenvalue weighted by Gasteiger charge is -2.12. The molecule has 1 saturated heterocycles. The molecule has 7 heteroatoms. The summed E-state index contributed by atoms with van der Waals surface area (Å²) in [5.74, 6) is 10.1. The van der Waals surface area contributed by atoms with Gasteiger partial charge in [-0.25, -0.2) is 15.8 Å². The summed E-state index contributed by atoms with van der Waals surface area (Å²) in [5, 5.41) is 4.09. The molecule has 1 fully saturated rings. The van der Waals surface area contributed by atoms with Crippen molar-refractivity contribution in [1.29, 1.82) is 0 Å². The van der Waals surface area contributed by atoms with Crippen molar-refractivity contribution >= 4 is 35.2 Å². The first-order valence-electron chi connectivity index (χ1n) is 5.53. The predicted molar refractivity (Wildman–Crippen MR) is 75.5 cm³/mol. The Morgan fingerprint density at radius 2 is 2.35 bits per heavy atom. The van der Waals surface area contributed by atoms with E-state index < -0.39 is 0 Å². The molecule has 1 aromatic heterocycles. The van der Waals surface area contributed by atoms with Crippen LogP contribution in [0.2, 0.25) is 0 Å². The van der Waals surface area contributed by atoms with Crippen LogP contribution in [-0.4, -0.2) is 34.3 Å². The Labute approximate surface area is 110 Å². The Bertz CT molecular complexity index is 345. The lowest BCUT2D eigenvalue weighted by atomic mass is 10.1. The van der Waals surface area contributed by atoms with Crippen molar-refractivity contribution < 1.29 is 0 Å². The molecule has 1 aromatic rings. The molecule has 4 N–H and O–H groups in total. The Balaban J connectivity index is 1.98. The molecule has 0 saturated carbocycles. The minimum absolute atomic E-state index is 0.646. The molecule has 1 aliphatic rings. The summed E-state index contributed by atoms with van der Waals surface area (Å²) in [4.78, 5) is 8.62. The molecule has 5 nitrogen and oxygen atoms in total. The second-order valence-electron chi connectivity index (χ2n) is 3.88. The van der Waals surface area contributed by atoms with Gasteiger partial charge < -0.3 is 10.7 Å². The summed E-state index contributed by atoms with van der Waals surface area (Å²) in [5.41, 5.74) is 2.56. The maximum Gasteiger partial charge on any atom is 0.191 e. The number of anilines is 2. The Kier molecular flexibility index (Phi) is 4.75. The standard InChI is InChI=1S/C10H17N5S2/c1-16-10-13-8(4-9(14-10)15-11)12-5-7-2-3-17-6-7/h4,7H,2-3,5-6,11H2,1H3,(H2,12,13,14,15). The van der Waals surface area contributed by atoms with E-state index in [-0.39, 0.29) is 0 Å². The molecule has 0 amide bonds. The first kappa shape index (κ1) is 12.8. The van der Waals surface area contributed by atoms with E-state index in [1.165, 1.54) is 29.7 Å². The molecule has 1 aliphatic heterocycles. The molecule has 1 unspecified atom stereocenters. The van der Waals surface area contributed by atoms with Crippen molar-refractivity contribution in [2.45, 2.75) is 11.6 Å². The number of aromatic nitrogens is 2. The van der Waals surface area contributed by atoms with Crippen LogP contribution in [0.4, 0.5) is 11.6 Å². The Hall–Kier alpha value is -0.660. The maximum atomic E-state index is 5.38. The summed E-state index contributed by atoms with van der Waals surface area (Å²) in [7, 11) is 0. The molecular weight excluding hydrogens is 254 g/mol. The van der Waals surface area contributed by atoms with Crippen molar-refractivity contribution in [3.8, 4) is 0 Å².